The number of pyridine rings is 1. The summed E-state index contributed by atoms with van der Waals surface area (Å²) in [5.41, 5.74) is 1.14. The van der Waals surface area contributed by atoms with Crippen LogP contribution in [0.5, 0.6) is 11.6 Å². The van der Waals surface area contributed by atoms with Crippen molar-refractivity contribution in [2.45, 2.75) is 12.7 Å². The van der Waals surface area contributed by atoms with Gasteiger partial charge in [-0.05, 0) is 23.8 Å². The third-order valence-corrected chi connectivity index (χ3v) is 3.27. The molecular weight excluding hydrogens is 337 g/mol. The molecule has 0 aliphatic rings. The molecule has 1 aromatic carbocycles. The number of ether oxygens (including phenoxy) is 2. The maximum atomic E-state index is 12.4. The molecule has 1 amide bonds. The fourth-order valence-electron chi connectivity index (χ4n) is 2.08. The molecule has 0 radical (unpaired) electrons. The van der Waals surface area contributed by atoms with Crippen LogP contribution in [0.2, 0.25) is 0 Å². The van der Waals surface area contributed by atoms with Crippen LogP contribution in [0, 0.1) is 0 Å². The van der Waals surface area contributed by atoms with Crippen LogP contribution in [-0.4, -0.2) is 42.7 Å². The molecule has 1 aromatic heterocycles. The average molecular weight is 354 g/mol. The second-order valence-corrected chi connectivity index (χ2v) is 5.30. The van der Waals surface area contributed by atoms with Gasteiger partial charge >= 0.3 is 6.18 Å². The highest BCUT2D eigenvalue weighted by Crippen LogP contribution is 2.18. The quantitative estimate of drug-likeness (QED) is 0.799. The molecule has 25 heavy (non-hydrogen) atoms. The maximum Gasteiger partial charge on any atom is 0.422 e. The molecule has 0 aliphatic carbocycles. The lowest BCUT2D eigenvalue weighted by atomic mass is 10.2. The highest BCUT2D eigenvalue weighted by molar-refractivity contribution is 5.93. The normalized spacial score (nSPS) is 11.1. The number of methoxy groups -OCH3 is 1. The number of hydrogen-bond acceptors (Lipinski definition) is 4. The Hall–Kier alpha value is -2.77. The monoisotopic (exact) mass is 354 g/mol. The molecular formula is C17H17F3N2O3. The van der Waals surface area contributed by atoms with E-state index in [2.05, 4.69) is 9.72 Å². The van der Waals surface area contributed by atoms with Gasteiger partial charge in [-0.25, -0.2) is 4.98 Å². The van der Waals surface area contributed by atoms with Gasteiger partial charge in [-0.15, -0.1) is 0 Å². The molecule has 2 rings (SSSR count). The Morgan fingerprint density at radius 3 is 2.60 bits per heavy atom. The predicted octanol–water partition coefficient (Wildman–Crippen LogP) is 3.30. The molecule has 0 spiro atoms. The maximum absolute atomic E-state index is 12.4. The number of aromatic nitrogens is 1. The average Bonchev–Trinajstić information content (AvgIpc) is 2.59. The lowest BCUT2D eigenvalue weighted by Crippen LogP contribution is -2.26. The molecule has 5 nitrogen and oxygen atoms in total. The second-order valence-electron chi connectivity index (χ2n) is 5.30. The van der Waals surface area contributed by atoms with Crippen molar-refractivity contribution in [2.24, 2.45) is 0 Å². The first-order valence-corrected chi connectivity index (χ1v) is 7.32. The van der Waals surface area contributed by atoms with Crippen LogP contribution < -0.4 is 9.47 Å². The van der Waals surface area contributed by atoms with E-state index >= 15 is 0 Å². The SMILES string of the molecule is COc1cccc(CN(C)C(=O)c2ccc(OCC(F)(F)F)nc2)c1. The second kappa shape index (κ2) is 7.87. The minimum atomic E-state index is -4.44. The first-order valence-electron chi connectivity index (χ1n) is 7.32. The largest absolute Gasteiger partial charge is 0.497 e. The first-order chi connectivity index (χ1) is 11.8. The van der Waals surface area contributed by atoms with Gasteiger partial charge in [0.15, 0.2) is 6.61 Å². The lowest BCUT2D eigenvalue weighted by molar-refractivity contribution is -0.154. The van der Waals surface area contributed by atoms with E-state index in [0.717, 1.165) is 5.56 Å². The van der Waals surface area contributed by atoms with Crippen molar-refractivity contribution in [3.05, 3.63) is 53.7 Å². The highest BCUT2D eigenvalue weighted by Gasteiger charge is 2.28. The number of rotatable bonds is 6. The number of benzene rings is 1. The van der Waals surface area contributed by atoms with E-state index < -0.39 is 12.8 Å². The van der Waals surface area contributed by atoms with Crippen LogP contribution in [0.15, 0.2) is 42.6 Å². The molecule has 0 bridgehead atoms. The molecule has 0 fully saturated rings. The van der Waals surface area contributed by atoms with Gasteiger partial charge in [-0.3, -0.25) is 4.79 Å². The van der Waals surface area contributed by atoms with Crippen molar-refractivity contribution >= 4 is 5.91 Å². The summed E-state index contributed by atoms with van der Waals surface area (Å²) >= 11 is 0. The van der Waals surface area contributed by atoms with Gasteiger partial charge in [0, 0.05) is 25.9 Å². The third kappa shape index (κ3) is 5.66. The first kappa shape index (κ1) is 18.6. The van der Waals surface area contributed by atoms with E-state index in [4.69, 9.17) is 4.74 Å². The Morgan fingerprint density at radius 1 is 1.24 bits per heavy atom. The molecule has 8 heteroatoms. The zero-order valence-corrected chi connectivity index (χ0v) is 13.7. The van der Waals surface area contributed by atoms with Crippen LogP contribution in [-0.2, 0) is 6.54 Å². The summed E-state index contributed by atoms with van der Waals surface area (Å²) in [6, 6.07) is 9.91. The van der Waals surface area contributed by atoms with Gasteiger partial charge in [0.05, 0.1) is 12.7 Å². The zero-order valence-electron chi connectivity index (χ0n) is 13.7. The minimum Gasteiger partial charge on any atom is -0.497 e. The highest BCUT2D eigenvalue weighted by atomic mass is 19.4. The number of amides is 1. The molecule has 0 saturated heterocycles. The number of halogens is 3. The van der Waals surface area contributed by atoms with Crippen molar-refractivity contribution in [3.8, 4) is 11.6 Å². The van der Waals surface area contributed by atoms with E-state index in [-0.39, 0.29) is 17.4 Å². The predicted molar refractivity (Wildman–Crippen MR) is 84.6 cm³/mol. The fourth-order valence-corrected chi connectivity index (χ4v) is 2.08. The van der Waals surface area contributed by atoms with Gasteiger partial charge in [0.2, 0.25) is 5.88 Å². The van der Waals surface area contributed by atoms with E-state index in [1.807, 2.05) is 18.2 Å². The van der Waals surface area contributed by atoms with E-state index in [1.165, 1.54) is 23.2 Å². The fraction of sp³-hybridized carbons (Fsp3) is 0.294. The van der Waals surface area contributed by atoms with Gasteiger partial charge in [0.1, 0.15) is 5.75 Å². The van der Waals surface area contributed by atoms with Crippen LogP contribution in [0.4, 0.5) is 13.2 Å². The van der Waals surface area contributed by atoms with E-state index in [0.29, 0.717) is 12.3 Å². The molecule has 0 saturated carbocycles. The minimum absolute atomic E-state index is 0.190. The summed E-state index contributed by atoms with van der Waals surface area (Å²) in [7, 11) is 3.18. The number of alkyl halides is 3. The molecule has 2 aromatic rings. The van der Waals surface area contributed by atoms with Crippen molar-refractivity contribution in [1.29, 1.82) is 0 Å². The number of carbonyl (C=O) groups is 1. The van der Waals surface area contributed by atoms with Gasteiger partial charge < -0.3 is 14.4 Å². The number of hydrogen-bond donors (Lipinski definition) is 0. The van der Waals surface area contributed by atoms with Crippen LogP contribution in [0.25, 0.3) is 0 Å². The molecule has 0 unspecified atom stereocenters. The standard InChI is InChI=1S/C17H17F3N2O3/c1-22(10-12-4-3-5-14(8-12)24-2)16(23)13-6-7-15(21-9-13)25-11-17(18,19)20/h3-9H,10-11H2,1-2H3. The van der Waals surface area contributed by atoms with Crippen LogP contribution in [0.1, 0.15) is 15.9 Å². The van der Waals surface area contributed by atoms with Gasteiger partial charge in [0.25, 0.3) is 5.91 Å². The Labute approximate surface area is 143 Å². The third-order valence-electron chi connectivity index (χ3n) is 3.27. The van der Waals surface area contributed by atoms with Crippen LogP contribution in [0.3, 0.4) is 0 Å². The Kier molecular flexibility index (Phi) is 5.84. The summed E-state index contributed by atoms with van der Waals surface area (Å²) in [6.45, 7) is -1.08. The van der Waals surface area contributed by atoms with Crippen molar-refractivity contribution in [1.82, 2.24) is 9.88 Å². The van der Waals surface area contributed by atoms with Gasteiger partial charge in [-0.2, -0.15) is 13.2 Å². The van der Waals surface area contributed by atoms with Crippen molar-refractivity contribution < 1.29 is 27.4 Å². The molecule has 134 valence electrons. The van der Waals surface area contributed by atoms with Crippen LogP contribution >= 0.6 is 0 Å². The van der Waals surface area contributed by atoms with Crippen molar-refractivity contribution in [3.63, 3.8) is 0 Å². The molecule has 0 aliphatic heterocycles. The Balaban J connectivity index is 1.99. The lowest BCUT2D eigenvalue weighted by Gasteiger charge is -2.17. The van der Waals surface area contributed by atoms with Gasteiger partial charge in [-0.1, -0.05) is 12.1 Å². The summed E-state index contributed by atoms with van der Waals surface area (Å²) in [5, 5.41) is 0. The smallest absolute Gasteiger partial charge is 0.422 e. The molecule has 1 heterocycles. The van der Waals surface area contributed by atoms with Crippen molar-refractivity contribution in [2.75, 3.05) is 20.8 Å². The van der Waals surface area contributed by atoms with E-state index in [1.54, 1.807) is 20.2 Å². The zero-order chi connectivity index (χ0) is 18.4. The number of nitrogens with zero attached hydrogens (tertiary/aromatic N) is 2. The summed E-state index contributed by atoms with van der Waals surface area (Å²) in [5.74, 6) is 0.188. The summed E-state index contributed by atoms with van der Waals surface area (Å²) in [4.78, 5) is 17.6. The summed E-state index contributed by atoms with van der Waals surface area (Å²) in [6.07, 6.45) is -3.25. The number of carbonyl (C=O) groups excluding carboxylic acids is 1. The Morgan fingerprint density at radius 2 is 2.00 bits per heavy atom. The summed E-state index contributed by atoms with van der Waals surface area (Å²) < 4.78 is 45.9. The van der Waals surface area contributed by atoms with E-state index in [9.17, 15) is 18.0 Å². The molecule has 0 N–H and O–H groups in total. The Bertz CT molecular complexity index is 718. The topological polar surface area (TPSA) is 51.7 Å². The molecule has 0 atom stereocenters.